The van der Waals surface area contributed by atoms with E-state index in [0.717, 1.165) is 5.56 Å². The summed E-state index contributed by atoms with van der Waals surface area (Å²) in [6.45, 7) is 0.300. The first-order valence-corrected chi connectivity index (χ1v) is 7.41. The van der Waals surface area contributed by atoms with Crippen LogP contribution in [0.3, 0.4) is 0 Å². The number of hydrogen-bond donors (Lipinski definition) is 3. The zero-order valence-corrected chi connectivity index (χ0v) is 12.8. The fraction of sp³-hybridized carbons (Fsp3) is 0.118. The van der Waals surface area contributed by atoms with Crippen LogP contribution in [0.25, 0.3) is 11.3 Å². The molecule has 0 saturated carbocycles. The standard InChI is InChI=1S/C17H16FN5O/c18-13-2-1-3-14(10-13)21-16-11-15(12-4-6-19-7-5-12)22-17(23-16)20-8-9-24/h1-7,10-11,24H,8-9H2,(H2,20,21,22,23). The number of aliphatic hydroxyl groups excluding tert-OH is 1. The Kier molecular flexibility index (Phi) is 4.93. The van der Waals surface area contributed by atoms with Crippen LogP contribution in [-0.2, 0) is 0 Å². The Morgan fingerprint density at radius 3 is 2.62 bits per heavy atom. The van der Waals surface area contributed by atoms with Gasteiger partial charge in [0, 0.05) is 36.3 Å². The highest BCUT2D eigenvalue weighted by Gasteiger charge is 2.07. The summed E-state index contributed by atoms with van der Waals surface area (Å²) in [7, 11) is 0. The molecule has 0 saturated heterocycles. The van der Waals surface area contributed by atoms with Gasteiger partial charge in [-0.1, -0.05) is 6.07 Å². The highest BCUT2D eigenvalue weighted by Crippen LogP contribution is 2.23. The highest BCUT2D eigenvalue weighted by atomic mass is 19.1. The second-order valence-electron chi connectivity index (χ2n) is 4.98. The van der Waals surface area contributed by atoms with Gasteiger partial charge >= 0.3 is 0 Å². The molecule has 0 atom stereocenters. The lowest BCUT2D eigenvalue weighted by Crippen LogP contribution is -2.10. The van der Waals surface area contributed by atoms with Crippen LogP contribution in [0.15, 0.2) is 54.9 Å². The van der Waals surface area contributed by atoms with Crippen LogP contribution in [0.5, 0.6) is 0 Å². The van der Waals surface area contributed by atoms with Gasteiger partial charge in [0.1, 0.15) is 11.6 Å². The molecule has 3 aromatic rings. The lowest BCUT2D eigenvalue weighted by atomic mass is 10.2. The van der Waals surface area contributed by atoms with Gasteiger partial charge in [-0.15, -0.1) is 0 Å². The number of nitrogens with one attached hydrogen (secondary N) is 2. The van der Waals surface area contributed by atoms with E-state index in [1.54, 1.807) is 30.6 Å². The Morgan fingerprint density at radius 1 is 1.04 bits per heavy atom. The van der Waals surface area contributed by atoms with Crippen molar-refractivity contribution < 1.29 is 9.50 Å². The zero-order valence-electron chi connectivity index (χ0n) is 12.8. The van der Waals surface area contributed by atoms with Gasteiger partial charge in [-0.2, -0.15) is 4.98 Å². The number of aromatic nitrogens is 3. The molecule has 0 bridgehead atoms. The molecule has 3 rings (SSSR count). The summed E-state index contributed by atoms with van der Waals surface area (Å²) in [5.74, 6) is 0.558. The third kappa shape index (κ3) is 4.02. The number of rotatable bonds is 6. The maximum atomic E-state index is 13.3. The highest BCUT2D eigenvalue weighted by molar-refractivity contribution is 5.67. The van der Waals surface area contributed by atoms with Crippen LogP contribution >= 0.6 is 0 Å². The van der Waals surface area contributed by atoms with Crippen molar-refractivity contribution >= 4 is 17.5 Å². The quantitative estimate of drug-likeness (QED) is 0.646. The van der Waals surface area contributed by atoms with Crippen LogP contribution in [0.2, 0.25) is 0 Å². The molecule has 0 spiro atoms. The Bertz CT molecular complexity index is 813. The largest absolute Gasteiger partial charge is 0.395 e. The molecule has 6 nitrogen and oxygen atoms in total. The SMILES string of the molecule is OCCNc1nc(Nc2cccc(F)c2)cc(-c2ccncc2)n1. The van der Waals surface area contributed by atoms with E-state index in [1.807, 2.05) is 12.1 Å². The van der Waals surface area contributed by atoms with E-state index in [4.69, 9.17) is 5.11 Å². The molecule has 7 heteroatoms. The molecule has 24 heavy (non-hydrogen) atoms. The first-order valence-electron chi connectivity index (χ1n) is 7.41. The normalized spacial score (nSPS) is 10.4. The fourth-order valence-corrected chi connectivity index (χ4v) is 2.14. The molecular weight excluding hydrogens is 309 g/mol. The van der Waals surface area contributed by atoms with Gasteiger partial charge in [0.25, 0.3) is 0 Å². The number of hydrogen-bond acceptors (Lipinski definition) is 6. The fourth-order valence-electron chi connectivity index (χ4n) is 2.14. The molecule has 1 aromatic carbocycles. The maximum Gasteiger partial charge on any atom is 0.225 e. The number of halogens is 1. The lowest BCUT2D eigenvalue weighted by molar-refractivity contribution is 0.311. The minimum absolute atomic E-state index is 0.0322. The van der Waals surface area contributed by atoms with Crippen molar-refractivity contribution in [1.82, 2.24) is 15.0 Å². The van der Waals surface area contributed by atoms with Gasteiger partial charge in [-0.25, -0.2) is 9.37 Å². The maximum absolute atomic E-state index is 13.3. The lowest BCUT2D eigenvalue weighted by Gasteiger charge is -2.11. The summed E-state index contributed by atoms with van der Waals surface area (Å²) < 4.78 is 13.3. The number of benzene rings is 1. The molecule has 0 aliphatic rings. The van der Waals surface area contributed by atoms with Gasteiger partial charge in [-0.05, 0) is 30.3 Å². The molecule has 0 radical (unpaired) electrons. The van der Waals surface area contributed by atoms with Crippen LogP contribution in [-0.4, -0.2) is 33.2 Å². The molecule has 122 valence electrons. The molecule has 0 amide bonds. The summed E-state index contributed by atoms with van der Waals surface area (Å²) in [6.07, 6.45) is 3.36. The molecule has 0 unspecified atom stereocenters. The van der Waals surface area contributed by atoms with Gasteiger partial charge in [0.2, 0.25) is 5.95 Å². The van der Waals surface area contributed by atoms with E-state index >= 15 is 0 Å². The number of anilines is 3. The molecule has 2 heterocycles. The first kappa shape index (κ1) is 15.8. The van der Waals surface area contributed by atoms with E-state index in [2.05, 4.69) is 25.6 Å². The summed E-state index contributed by atoms with van der Waals surface area (Å²) in [5, 5.41) is 15.0. The molecular formula is C17H16FN5O. The smallest absolute Gasteiger partial charge is 0.225 e. The van der Waals surface area contributed by atoms with Gasteiger partial charge < -0.3 is 15.7 Å². The summed E-state index contributed by atoms with van der Waals surface area (Å²) in [6, 6.07) is 11.6. The molecule has 3 N–H and O–H groups in total. The second-order valence-corrected chi connectivity index (χ2v) is 4.98. The van der Waals surface area contributed by atoms with E-state index in [1.165, 1.54) is 12.1 Å². The van der Waals surface area contributed by atoms with E-state index < -0.39 is 0 Å². The summed E-state index contributed by atoms with van der Waals surface area (Å²) in [4.78, 5) is 12.8. The predicted octanol–water partition coefficient (Wildman–Crippen LogP) is 2.83. The van der Waals surface area contributed by atoms with E-state index in [9.17, 15) is 4.39 Å². The number of aliphatic hydroxyl groups is 1. The van der Waals surface area contributed by atoms with Crippen LogP contribution < -0.4 is 10.6 Å². The van der Waals surface area contributed by atoms with Crippen molar-refractivity contribution in [3.8, 4) is 11.3 Å². The first-order chi connectivity index (χ1) is 11.7. The van der Waals surface area contributed by atoms with Gasteiger partial charge in [0.05, 0.1) is 12.3 Å². The third-order valence-corrected chi connectivity index (χ3v) is 3.19. The zero-order chi connectivity index (χ0) is 16.8. The Labute approximate surface area is 138 Å². The third-order valence-electron chi connectivity index (χ3n) is 3.19. The molecule has 2 aromatic heterocycles. The van der Waals surface area contributed by atoms with Crippen LogP contribution in [0.4, 0.5) is 21.8 Å². The van der Waals surface area contributed by atoms with Gasteiger partial charge in [0.15, 0.2) is 0 Å². The minimum Gasteiger partial charge on any atom is -0.395 e. The van der Waals surface area contributed by atoms with Crippen molar-refractivity contribution in [1.29, 1.82) is 0 Å². The van der Waals surface area contributed by atoms with Crippen molar-refractivity contribution in [2.45, 2.75) is 0 Å². The number of pyridine rings is 1. The van der Waals surface area contributed by atoms with E-state index in [0.29, 0.717) is 29.7 Å². The molecule has 0 aliphatic carbocycles. The number of nitrogens with zero attached hydrogens (tertiary/aromatic N) is 3. The molecule has 0 aliphatic heterocycles. The second kappa shape index (κ2) is 7.47. The van der Waals surface area contributed by atoms with Crippen molar-refractivity contribution in [3.63, 3.8) is 0 Å². The van der Waals surface area contributed by atoms with Crippen molar-refractivity contribution in [3.05, 3.63) is 60.7 Å². The minimum atomic E-state index is -0.331. The van der Waals surface area contributed by atoms with Crippen LogP contribution in [0.1, 0.15) is 0 Å². The summed E-state index contributed by atoms with van der Waals surface area (Å²) >= 11 is 0. The topological polar surface area (TPSA) is 83.0 Å². The predicted molar refractivity (Wildman–Crippen MR) is 90.5 cm³/mol. The molecule has 0 fully saturated rings. The average molecular weight is 325 g/mol. The van der Waals surface area contributed by atoms with Crippen LogP contribution in [0, 0.1) is 5.82 Å². The monoisotopic (exact) mass is 325 g/mol. The van der Waals surface area contributed by atoms with E-state index in [-0.39, 0.29) is 12.4 Å². The van der Waals surface area contributed by atoms with Gasteiger partial charge in [-0.3, -0.25) is 4.98 Å². The summed E-state index contributed by atoms with van der Waals surface area (Å²) in [5.41, 5.74) is 2.15. The Balaban J connectivity index is 1.95. The average Bonchev–Trinajstić information content (AvgIpc) is 2.60. The van der Waals surface area contributed by atoms with Crippen molar-refractivity contribution in [2.24, 2.45) is 0 Å². The Hall–Kier alpha value is -3.06. The van der Waals surface area contributed by atoms with Crippen molar-refractivity contribution in [2.75, 3.05) is 23.8 Å². The Morgan fingerprint density at radius 2 is 1.88 bits per heavy atom.